The van der Waals surface area contributed by atoms with Crippen LogP contribution in [0.1, 0.15) is 137 Å². The van der Waals surface area contributed by atoms with Crippen molar-refractivity contribution < 1.29 is 39.9 Å². The van der Waals surface area contributed by atoms with Crippen molar-refractivity contribution in [3.63, 3.8) is 0 Å². The van der Waals surface area contributed by atoms with E-state index in [0.29, 0.717) is 126 Å². The van der Waals surface area contributed by atoms with Crippen molar-refractivity contribution in [2.24, 2.45) is 17.5 Å². The largest absolute Gasteiger partial charge is 0.319 e. The number of aromatic nitrogens is 21. The fourth-order valence-corrected chi connectivity index (χ4v) is 15.9. The smallest absolute Gasteiger partial charge is 0.238 e. The third-order valence-corrected chi connectivity index (χ3v) is 23.0. The molecule has 0 atom stereocenters. The number of nitrogens with zero attached hydrogens (tertiary/aromatic N) is 13. The van der Waals surface area contributed by atoms with Gasteiger partial charge in [-0.1, -0.05) is 122 Å². The highest BCUT2D eigenvalue weighted by atomic mass is 19.2. The molecule has 3 aliphatic rings. The first kappa shape index (κ1) is 89.3. The summed E-state index contributed by atoms with van der Waals surface area (Å²) in [7, 11) is 0. The molecule has 1 amide bonds. The van der Waals surface area contributed by atoms with E-state index in [2.05, 4.69) is 123 Å². The average Bonchev–Trinajstić information content (AvgIpc) is 1.66. The van der Waals surface area contributed by atoms with Gasteiger partial charge >= 0.3 is 0 Å². The predicted octanol–water partition coefficient (Wildman–Crippen LogP) is 18.1. The van der Waals surface area contributed by atoms with Crippen LogP contribution < -0.4 is 27.6 Å². The molecule has 11 heterocycles. The Bertz CT molecular complexity index is 7140. The van der Waals surface area contributed by atoms with Gasteiger partial charge in [-0.25, -0.2) is 60.9 Å². The van der Waals surface area contributed by atoms with E-state index >= 15 is 0 Å². The zero-order chi connectivity index (χ0) is 91.7. The van der Waals surface area contributed by atoms with Crippen LogP contribution in [0.15, 0.2) is 200 Å². The van der Waals surface area contributed by atoms with Crippen LogP contribution in [0.3, 0.4) is 0 Å². The molecule has 3 fully saturated rings. The van der Waals surface area contributed by atoms with E-state index in [-0.39, 0.29) is 51.2 Å². The molecule has 27 nitrogen and oxygen atoms in total. The standard InChI is InChI=1S/C23H22F2N6.C23H16F2N6.2C22H20F2N6.C8H10N2O/c24-17-4-1-14(2-5-17)3-6-20-18-12-16(13-19(25)22(18)30-28-20)23-27-21(29-31-23)11-15-7-9-26-10-8-15;24-17-6-3-14(4-7-17)5-8-20-18-11-16(12-19(25)22(18)30-28-20)23-27-21(29-31-23)10-15-2-1-9-26-13-15;23-16-4-1-13(2-5-16)3-6-19-17-11-15(12-18(24)20(17)28-27-19)22-26-21(29-30-22)14-7-9-25-10-8-14;23-15-6-3-13(4-7-15)5-8-18-16-11-14(12-17(24)19(16)28-27-18)20-26-21(30-29-20)22(25)9-1-2-10-22;9-10-8(11)6-7-4-2-1-3-5-7/h1-6,12-13,15,26H,7-11H2,(H,28,30)(H,27,29,31);1-9,11-13H,10H2,(H,28,30)(H,27,29,31);1-6,11-12,14,25H,7-10H2,(H,27,28)(H,26,29,30);3-8,11-12H,1-2,9-10,25H2,(H,27,28)(H,26,29,30);1-5H,6,9H2,(H,10,11)/b6-3+;8-5+;6-3+;8-5+;. The van der Waals surface area contributed by atoms with Crippen LogP contribution in [-0.4, -0.2) is 139 Å². The number of pyridine rings is 1. The van der Waals surface area contributed by atoms with Gasteiger partial charge in [0.2, 0.25) is 5.91 Å². The highest BCUT2D eigenvalue weighted by molar-refractivity contribution is 5.96. The van der Waals surface area contributed by atoms with Gasteiger partial charge in [-0.2, -0.15) is 40.8 Å². The lowest BCUT2D eigenvalue weighted by atomic mass is 9.94. The number of fused-ring (bicyclic) bond motifs is 4. The van der Waals surface area contributed by atoms with Crippen LogP contribution >= 0.6 is 0 Å². The van der Waals surface area contributed by atoms with Gasteiger partial charge in [0.05, 0.1) is 34.7 Å². The number of carbonyl (C=O) groups excluding carboxylic acids is 1. The number of benzene rings is 9. The SMILES string of the molecule is Fc1ccc(/C=C/c2[nH]nc3c(F)cc(-c4n[nH]c(C5CCNCC5)n4)cc23)cc1.Fc1ccc(/C=C/c2[nH]nc3c(F)cc(-c4n[nH]c(CC5CCNCC5)n4)cc23)cc1.Fc1ccc(/C=C/c2[nH]nc3c(F)cc(-c4n[nH]c(Cc5cccnc5)n4)cc23)cc1.NC1(c2nc(-c3cc(F)c4n[nH]c(/C=C/c5ccc(F)cc5)c4c3)n[nH]2)CCCC1.NNC(=O)Cc1ccccc1. The Kier molecular flexibility index (Phi) is 27.8. The van der Waals surface area contributed by atoms with Gasteiger partial charge in [0.1, 0.15) is 68.6 Å². The molecule has 0 bridgehead atoms. The second-order valence-corrected chi connectivity index (χ2v) is 32.3. The second kappa shape index (κ2) is 41.4. The molecule has 15 N–H and O–H groups in total. The normalized spacial score (nSPS) is 14.1. The minimum atomic E-state index is -0.493. The van der Waals surface area contributed by atoms with Gasteiger partial charge in [-0.15, -0.1) is 0 Å². The van der Waals surface area contributed by atoms with Crippen LogP contribution in [0.25, 0.3) is 138 Å². The van der Waals surface area contributed by atoms with Gasteiger partial charge in [-0.3, -0.25) is 56.0 Å². The number of aromatic amines is 8. The maximum atomic E-state index is 14.7. The molecule has 1 saturated carbocycles. The number of nitrogens with one attached hydrogen (secondary N) is 11. The Labute approximate surface area is 754 Å². The van der Waals surface area contributed by atoms with Crippen molar-refractivity contribution in [1.82, 2.24) is 123 Å². The third-order valence-electron chi connectivity index (χ3n) is 23.0. The number of halogens is 8. The van der Waals surface area contributed by atoms with E-state index in [9.17, 15) is 39.9 Å². The number of piperidine rings is 2. The van der Waals surface area contributed by atoms with E-state index in [1.54, 1.807) is 110 Å². The molecule has 2 saturated heterocycles. The summed E-state index contributed by atoms with van der Waals surface area (Å²) in [6, 6.07) is 50.6. The molecule has 0 spiro atoms. The highest BCUT2D eigenvalue weighted by Crippen LogP contribution is 2.38. The fourth-order valence-electron chi connectivity index (χ4n) is 15.9. The number of H-pyrrole nitrogens is 8. The Morgan fingerprint density at radius 3 is 1.19 bits per heavy atom. The number of rotatable bonds is 20. The summed E-state index contributed by atoms with van der Waals surface area (Å²) in [6.07, 6.45) is 27.7. The Balaban J connectivity index is 0.000000119. The van der Waals surface area contributed by atoms with E-state index in [1.807, 2.05) is 66.7 Å². The minimum Gasteiger partial charge on any atom is -0.319 e. The number of amides is 1. The van der Waals surface area contributed by atoms with Crippen LogP contribution in [0.5, 0.6) is 0 Å². The first-order valence-corrected chi connectivity index (χ1v) is 43.1. The molecule has 0 radical (unpaired) electrons. The van der Waals surface area contributed by atoms with Crippen molar-refractivity contribution in [3.8, 4) is 45.6 Å². The number of hydrazine groups is 1. The lowest BCUT2D eigenvalue weighted by Crippen LogP contribution is -2.34. The van der Waals surface area contributed by atoms with Gasteiger partial charge < -0.3 is 16.4 Å². The molecule has 9 aromatic carbocycles. The molecule has 9 aromatic heterocycles. The van der Waals surface area contributed by atoms with Gasteiger partial charge in [0, 0.05) is 75.0 Å². The predicted molar refractivity (Wildman–Crippen MR) is 495 cm³/mol. The zero-order valence-corrected chi connectivity index (χ0v) is 71.3. The van der Waals surface area contributed by atoms with Crippen molar-refractivity contribution in [1.29, 1.82) is 0 Å². The minimum absolute atomic E-state index is 0.170. The Morgan fingerprint density at radius 2 is 0.774 bits per heavy atom. The van der Waals surface area contributed by atoms with E-state index < -0.39 is 28.8 Å². The van der Waals surface area contributed by atoms with Gasteiger partial charge in [0.25, 0.3) is 0 Å². The summed E-state index contributed by atoms with van der Waals surface area (Å²) in [4.78, 5) is 33.1. The van der Waals surface area contributed by atoms with E-state index in [0.717, 1.165) is 129 Å². The molecule has 133 heavy (non-hydrogen) atoms. The second-order valence-electron chi connectivity index (χ2n) is 32.3. The molecule has 18 aromatic rings. The molecule has 672 valence electrons. The van der Waals surface area contributed by atoms with Crippen LogP contribution in [-0.2, 0) is 29.6 Å². The topological polar surface area (TPSA) is 399 Å². The average molecular weight is 1800 g/mol. The summed E-state index contributed by atoms with van der Waals surface area (Å²) in [6.45, 7) is 3.98. The summed E-state index contributed by atoms with van der Waals surface area (Å²) >= 11 is 0. The molecule has 2 aliphatic heterocycles. The number of hydrogen-bond donors (Lipinski definition) is 13. The molecule has 21 rings (SSSR count). The van der Waals surface area contributed by atoms with Crippen LogP contribution in [0, 0.1) is 52.5 Å². The molecule has 1 aliphatic carbocycles. The fraction of sp³-hybridized carbons (Fsp3) is 0.184. The van der Waals surface area contributed by atoms with Crippen LogP contribution in [0.4, 0.5) is 35.1 Å². The van der Waals surface area contributed by atoms with Gasteiger partial charge in [0.15, 0.2) is 46.6 Å². The lowest BCUT2D eigenvalue weighted by Gasteiger charge is -2.21. The first-order chi connectivity index (χ1) is 64.8. The number of hydrogen-bond acceptors (Lipinski definition) is 18. The van der Waals surface area contributed by atoms with Crippen molar-refractivity contribution in [2.75, 3.05) is 26.2 Å². The first-order valence-electron chi connectivity index (χ1n) is 43.1. The third kappa shape index (κ3) is 22.2. The molecule has 0 unspecified atom stereocenters. The quantitative estimate of drug-likeness (QED) is 0.0146. The van der Waals surface area contributed by atoms with Crippen LogP contribution in [0.2, 0.25) is 0 Å². The van der Waals surface area contributed by atoms with Crippen molar-refractivity contribution in [3.05, 3.63) is 326 Å². The maximum Gasteiger partial charge on any atom is 0.238 e. The van der Waals surface area contributed by atoms with E-state index in [1.165, 1.54) is 72.8 Å². The Morgan fingerprint density at radius 1 is 0.398 bits per heavy atom. The summed E-state index contributed by atoms with van der Waals surface area (Å²) < 4.78 is 111. The summed E-state index contributed by atoms with van der Waals surface area (Å²) in [5, 5.41) is 66.0. The lowest BCUT2D eigenvalue weighted by molar-refractivity contribution is -0.120. The van der Waals surface area contributed by atoms with E-state index in [4.69, 9.17) is 11.6 Å². The maximum absolute atomic E-state index is 14.7. The summed E-state index contributed by atoms with van der Waals surface area (Å²) in [5.74, 6) is 7.39. The molecular formula is C98H88F8N26O. The monoisotopic (exact) mass is 1800 g/mol. The van der Waals surface area contributed by atoms with Gasteiger partial charge in [-0.05, 0) is 231 Å². The molecule has 35 heteroatoms. The number of nitrogens with two attached hydrogens (primary N) is 2. The van der Waals surface area contributed by atoms with Crippen molar-refractivity contribution in [2.45, 2.75) is 82.1 Å². The Hall–Kier alpha value is -15.7. The zero-order valence-electron chi connectivity index (χ0n) is 71.3. The molecular weight excluding hydrogens is 1710 g/mol. The highest BCUT2D eigenvalue weighted by Gasteiger charge is 2.35. The number of carbonyl (C=O) groups is 1. The van der Waals surface area contributed by atoms with Crippen molar-refractivity contribution >= 4 is 98.1 Å². The summed E-state index contributed by atoms with van der Waals surface area (Å²) in [5.41, 5.74) is 19.1.